The summed E-state index contributed by atoms with van der Waals surface area (Å²) in [7, 11) is -3.03. The summed E-state index contributed by atoms with van der Waals surface area (Å²) >= 11 is 0. The van der Waals surface area contributed by atoms with Gasteiger partial charge in [0.25, 0.3) is 0 Å². The summed E-state index contributed by atoms with van der Waals surface area (Å²) in [5.41, 5.74) is 1.35. The second kappa shape index (κ2) is 6.04. The van der Waals surface area contributed by atoms with Gasteiger partial charge in [0.15, 0.2) is 9.84 Å². The van der Waals surface area contributed by atoms with Crippen LogP contribution in [0.5, 0.6) is 0 Å². The lowest BCUT2D eigenvalue weighted by molar-refractivity contribution is -1.03. The van der Waals surface area contributed by atoms with E-state index >= 15 is 0 Å². The zero-order valence-corrected chi connectivity index (χ0v) is 13.0. The molecule has 1 aromatic rings. The molecule has 1 aromatic carbocycles. The summed E-state index contributed by atoms with van der Waals surface area (Å²) in [6.07, 6.45) is -0.680. The van der Waals surface area contributed by atoms with Gasteiger partial charge >= 0.3 is 0 Å². The number of aliphatic hydroxyl groups excluding tert-OH is 1. The van der Waals surface area contributed by atoms with Crippen LogP contribution in [0.1, 0.15) is 5.56 Å². The fourth-order valence-electron chi connectivity index (χ4n) is 3.58. The maximum atomic E-state index is 11.6. The molecule has 0 aromatic heterocycles. The van der Waals surface area contributed by atoms with Crippen molar-refractivity contribution in [2.75, 3.05) is 37.7 Å². The van der Waals surface area contributed by atoms with E-state index in [0.29, 0.717) is 0 Å². The number of sulfone groups is 1. The average molecular weight is 312 g/mol. The molecule has 0 saturated carbocycles. The molecule has 21 heavy (non-hydrogen) atoms. The molecule has 0 radical (unpaired) electrons. The van der Waals surface area contributed by atoms with Crippen LogP contribution in [0.4, 0.5) is 0 Å². The van der Waals surface area contributed by atoms with Crippen LogP contribution in [-0.2, 0) is 16.4 Å². The standard InChI is InChI=1S/C15H22N2O3S/c18-15-12-21(19,20)11-14(15)17-8-6-16(7-9-17)10-13-4-2-1-3-5-13/h1-5,14-15,18H,6-12H2/p+2/t14-,15-/m1/s1. The van der Waals surface area contributed by atoms with Gasteiger partial charge in [0, 0.05) is 5.56 Å². The Kier molecular flexibility index (Phi) is 4.31. The van der Waals surface area contributed by atoms with E-state index in [1.54, 1.807) is 4.90 Å². The van der Waals surface area contributed by atoms with Crippen LogP contribution < -0.4 is 9.80 Å². The normalized spacial score (nSPS) is 35.7. The van der Waals surface area contributed by atoms with Gasteiger partial charge in [-0.15, -0.1) is 0 Å². The number of aliphatic hydroxyl groups is 1. The molecule has 2 saturated heterocycles. The van der Waals surface area contributed by atoms with Gasteiger partial charge < -0.3 is 14.9 Å². The molecule has 0 spiro atoms. The van der Waals surface area contributed by atoms with E-state index in [4.69, 9.17) is 0 Å². The van der Waals surface area contributed by atoms with Crippen molar-refractivity contribution in [3.63, 3.8) is 0 Å². The van der Waals surface area contributed by atoms with E-state index in [0.717, 1.165) is 32.7 Å². The quantitative estimate of drug-likeness (QED) is 0.562. The molecular formula is C15H24N2O3S+2. The predicted octanol–water partition coefficient (Wildman–Crippen LogP) is -2.87. The third-order valence-electron chi connectivity index (χ3n) is 4.74. The molecule has 3 rings (SSSR count). The number of piperazine rings is 1. The van der Waals surface area contributed by atoms with Gasteiger partial charge in [-0.3, -0.25) is 0 Å². The molecule has 0 amide bonds. The number of hydrogen-bond donors (Lipinski definition) is 3. The van der Waals surface area contributed by atoms with Crippen LogP contribution in [0.15, 0.2) is 30.3 Å². The summed E-state index contributed by atoms with van der Waals surface area (Å²) in [5.74, 6) is 0.0965. The Morgan fingerprint density at radius 2 is 1.71 bits per heavy atom. The highest BCUT2D eigenvalue weighted by atomic mass is 32.2. The number of benzene rings is 1. The highest BCUT2D eigenvalue weighted by molar-refractivity contribution is 7.91. The molecule has 2 heterocycles. The average Bonchev–Trinajstić information content (AvgIpc) is 2.74. The third-order valence-corrected chi connectivity index (χ3v) is 6.46. The van der Waals surface area contributed by atoms with Crippen molar-refractivity contribution in [1.82, 2.24) is 0 Å². The summed E-state index contributed by atoms with van der Waals surface area (Å²) in [4.78, 5) is 2.81. The smallest absolute Gasteiger partial charge is 0.159 e. The lowest BCUT2D eigenvalue weighted by atomic mass is 10.1. The number of nitrogens with one attached hydrogen (secondary N) is 2. The molecule has 3 N–H and O–H groups in total. The van der Waals surface area contributed by atoms with Crippen molar-refractivity contribution in [3.8, 4) is 0 Å². The fourth-order valence-corrected chi connectivity index (χ4v) is 5.47. The lowest BCUT2D eigenvalue weighted by Gasteiger charge is -2.33. The Bertz CT molecular complexity index is 568. The Morgan fingerprint density at radius 1 is 1.05 bits per heavy atom. The summed E-state index contributed by atoms with van der Waals surface area (Å²) in [5, 5.41) is 9.97. The summed E-state index contributed by atoms with van der Waals surface area (Å²) in [6.45, 7) is 4.99. The minimum Gasteiger partial charge on any atom is -0.386 e. The van der Waals surface area contributed by atoms with Crippen LogP contribution in [-0.4, -0.2) is 63.4 Å². The van der Waals surface area contributed by atoms with Gasteiger partial charge in [-0.2, -0.15) is 0 Å². The second-order valence-electron chi connectivity index (χ2n) is 6.32. The highest BCUT2D eigenvalue weighted by Gasteiger charge is 2.44. The minimum atomic E-state index is -3.03. The van der Waals surface area contributed by atoms with E-state index < -0.39 is 15.9 Å². The number of quaternary nitrogens is 2. The Balaban J connectivity index is 1.54. The van der Waals surface area contributed by atoms with Gasteiger partial charge in [-0.25, -0.2) is 8.42 Å². The van der Waals surface area contributed by atoms with Crippen LogP contribution in [0.2, 0.25) is 0 Å². The number of rotatable bonds is 3. The maximum Gasteiger partial charge on any atom is 0.159 e. The Labute approximate surface area is 126 Å². The largest absolute Gasteiger partial charge is 0.386 e. The molecule has 2 aliphatic heterocycles. The first-order valence-electron chi connectivity index (χ1n) is 7.64. The van der Waals surface area contributed by atoms with Crippen LogP contribution in [0.3, 0.4) is 0 Å². The van der Waals surface area contributed by atoms with Crippen molar-refractivity contribution in [1.29, 1.82) is 0 Å². The first kappa shape index (κ1) is 15.0. The topological polar surface area (TPSA) is 63.2 Å². The molecule has 0 unspecified atom stereocenters. The Morgan fingerprint density at radius 3 is 2.29 bits per heavy atom. The monoisotopic (exact) mass is 312 g/mol. The number of hydrogen-bond acceptors (Lipinski definition) is 3. The molecule has 5 nitrogen and oxygen atoms in total. The zero-order chi connectivity index (χ0) is 14.9. The van der Waals surface area contributed by atoms with Crippen molar-refractivity contribution >= 4 is 9.84 Å². The zero-order valence-electron chi connectivity index (χ0n) is 12.2. The third kappa shape index (κ3) is 3.63. The molecule has 0 bridgehead atoms. The summed E-state index contributed by atoms with van der Waals surface area (Å²) < 4.78 is 23.2. The van der Waals surface area contributed by atoms with Gasteiger partial charge in [0.05, 0.1) is 5.75 Å². The van der Waals surface area contributed by atoms with Gasteiger partial charge in [-0.05, 0) is 0 Å². The van der Waals surface area contributed by atoms with Gasteiger partial charge in [0.2, 0.25) is 0 Å². The van der Waals surface area contributed by atoms with Crippen molar-refractivity contribution < 1.29 is 23.3 Å². The second-order valence-corrected chi connectivity index (χ2v) is 8.48. The maximum absolute atomic E-state index is 11.6. The minimum absolute atomic E-state index is 0.0538. The highest BCUT2D eigenvalue weighted by Crippen LogP contribution is 2.10. The van der Waals surface area contributed by atoms with Crippen molar-refractivity contribution in [3.05, 3.63) is 35.9 Å². The molecule has 6 heteroatoms. The van der Waals surface area contributed by atoms with Gasteiger partial charge in [-0.1, -0.05) is 30.3 Å². The SMILES string of the molecule is O=S1(=O)C[C@@H](O)[C@H]([NH+]2CC[NH+](Cc3ccccc3)CC2)C1. The first-order valence-corrected chi connectivity index (χ1v) is 9.46. The van der Waals surface area contributed by atoms with E-state index in [1.165, 1.54) is 10.5 Å². The van der Waals surface area contributed by atoms with E-state index in [2.05, 4.69) is 24.3 Å². The van der Waals surface area contributed by atoms with Crippen molar-refractivity contribution in [2.24, 2.45) is 0 Å². The van der Waals surface area contributed by atoms with Crippen LogP contribution >= 0.6 is 0 Å². The lowest BCUT2D eigenvalue weighted by Crippen LogP contribution is -3.29. The molecule has 2 atom stereocenters. The fraction of sp³-hybridized carbons (Fsp3) is 0.600. The van der Waals surface area contributed by atoms with Crippen LogP contribution in [0, 0.1) is 0 Å². The van der Waals surface area contributed by atoms with Crippen molar-refractivity contribution in [2.45, 2.75) is 18.7 Å². The van der Waals surface area contributed by atoms with Gasteiger partial charge in [0.1, 0.15) is 50.6 Å². The molecule has 116 valence electrons. The molecular weight excluding hydrogens is 288 g/mol. The van der Waals surface area contributed by atoms with E-state index in [-0.39, 0.29) is 17.5 Å². The predicted molar refractivity (Wildman–Crippen MR) is 80.0 cm³/mol. The molecule has 2 fully saturated rings. The summed E-state index contributed by atoms with van der Waals surface area (Å²) in [6, 6.07) is 10.3. The molecule has 0 aliphatic carbocycles. The van der Waals surface area contributed by atoms with E-state index in [9.17, 15) is 13.5 Å². The first-order chi connectivity index (χ1) is 10.0. The molecule has 2 aliphatic rings. The Hall–Kier alpha value is -0.950. The van der Waals surface area contributed by atoms with E-state index in [1.807, 2.05) is 6.07 Å². The van der Waals surface area contributed by atoms with Crippen LogP contribution in [0.25, 0.3) is 0 Å².